The van der Waals surface area contributed by atoms with Gasteiger partial charge in [-0.25, -0.2) is 4.68 Å². The summed E-state index contributed by atoms with van der Waals surface area (Å²) < 4.78 is 2.01. The minimum absolute atomic E-state index is 0. The van der Waals surface area contributed by atoms with E-state index in [4.69, 9.17) is 0 Å². The zero-order valence-corrected chi connectivity index (χ0v) is 10.9. The van der Waals surface area contributed by atoms with E-state index in [0.717, 1.165) is 24.5 Å². The van der Waals surface area contributed by atoms with Gasteiger partial charge in [-0.2, -0.15) is 10.2 Å². The number of aromatic amines is 1. The van der Waals surface area contributed by atoms with Gasteiger partial charge in [-0.3, -0.25) is 5.10 Å². The third-order valence-corrected chi connectivity index (χ3v) is 2.70. The van der Waals surface area contributed by atoms with Crippen molar-refractivity contribution < 1.29 is 0 Å². The van der Waals surface area contributed by atoms with E-state index >= 15 is 0 Å². The van der Waals surface area contributed by atoms with Gasteiger partial charge in [0.05, 0.1) is 24.5 Å². The first-order valence-electron chi connectivity index (χ1n) is 5.57. The van der Waals surface area contributed by atoms with E-state index in [1.165, 1.54) is 0 Å². The maximum atomic E-state index is 4.32. The van der Waals surface area contributed by atoms with Crippen LogP contribution in [0, 0.1) is 0 Å². The van der Waals surface area contributed by atoms with Gasteiger partial charge in [0, 0.05) is 12.3 Å². The van der Waals surface area contributed by atoms with E-state index < -0.39 is 0 Å². The zero-order valence-electron chi connectivity index (χ0n) is 10.1. The van der Waals surface area contributed by atoms with Crippen LogP contribution in [0.4, 0.5) is 5.82 Å². The number of nitrogens with one attached hydrogen (secondary N) is 2. The lowest BCUT2D eigenvalue weighted by Crippen LogP contribution is -2.11. The third kappa shape index (κ3) is 3.23. The molecule has 1 unspecified atom stereocenters. The van der Waals surface area contributed by atoms with Crippen molar-refractivity contribution in [2.45, 2.75) is 32.9 Å². The number of anilines is 1. The predicted octanol–water partition coefficient (Wildman–Crippen LogP) is 2.61. The van der Waals surface area contributed by atoms with Gasteiger partial charge in [0.2, 0.25) is 0 Å². The average Bonchev–Trinajstić information content (AvgIpc) is 2.96. The topological polar surface area (TPSA) is 58.5 Å². The Hall–Kier alpha value is -1.49. The maximum absolute atomic E-state index is 4.32. The summed E-state index contributed by atoms with van der Waals surface area (Å²) in [5.41, 5.74) is 1.07. The fourth-order valence-electron chi connectivity index (χ4n) is 1.55. The number of aromatic nitrogens is 4. The molecule has 0 radical (unpaired) electrons. The molecule has 0 spiro atoms. The molecule has 2 aromatic rings. The fraction of sp³-hybridized carbons (Fsp3) is 0.455. The SMILES string of the molecule is CCC(C)n1nccc1NCc1ccn[nH]1.Cl. The monoisotopic (exact) mass is 255 g/mol. The second-order valence-electron chi connectivity index (χ2n) is 3.85. The van der Waals surface area contributed by atoms with Crippen LogP contribution in [0.5, 0.6) is 0 Å². The van der Waals surface area contributed by atoms with Crippen LogP contribution in [0.2, 0.25) is 0 Å². The van der Waals surface area contributed by atoms with Crippen LogP contribution in [-0.2, 0) is 6.54 Å². The van der Waals surface area contributed by atoms with Crippen molar-refractivity contribution in [3.05, 3.63) is 30.2 Å². The van der Waals surface area contributed by atoms with Crippen molar-refractivity contribution in [2.75, 3.05) is 5.32 Å². The van der Waals surface area contributed by atoms with Crippen LogP contribution in [0.3, 0.4) is 0 Å². The molecule has 0 saturated heterocycles. The number of H-pyrrole nitrogens is 1. The van der Waals surface area contributed by atoms with Crippen LogP contribution in [0.25, 0.3) is 0 Å². The fourth-order valence-corrected chi connectivity index (χ4v) is 1.55. The van der Waals surface area contributed by atoms with E-state index in [1.54, 1.807) is 6.20 Å². The molecule has 6 heteroatoms. The van der Waals surface area contributed by atoms with Crippen LogP contribution < -0.4 is 5.32 Å². The molecule has 1 atom stereocenters. The van der Waals surface area contributed by atoms with E-state index in [1.807, 2.05) is 23.0 Å². The quantitative estimate of drug-likeness (QED) is 0.864. The Morgan fingerprint density at radius 2 is 2.24 bits per heavy atom. The molecule has 0 aliphatic heterocycles. The Kier molecular flexibility index (Phi) is 5.03. The number of hydrogen-bond donors (Lipinski definition) is 2. The minimum Gasteiger partial charge on any atom is -0.365 e. The van der Waals surface area contributed by atoms with E-state index in [2.05, 4.69) is 34.5 Å². The summed E-state index contributed by atoms with van der Waals surface area (Å²) in [4.78, 5) is 0. The molecule has 2 N–H and O–H groups in total. The Labute approximate surface area is 107 Å². The molecule has 17 heavy (non-hydrogen) atoms. The average molecular weight is 256 g/mol. The molecule has 0 fully saturated rings. The second kappa shape index (κ2) is 6.30. The molecular formula is C11H18ClN5. The number of hydrogen-bond acceptors (Lipinski definition) is 3. The molecule has 5 nitrogen and oxygen atoms in total. The molecule has 0 amide bonds. The predicted molar refractivity (Wildman–Crippen MR) is 70.4 cm³/mol. The zero-order chi connectivity index (χ0) is 11.4. The van der Waals surface area contributed by atoms with Crippen molar-refractivity contribution in [1.82, 2.24) is 20.0 Å². The van der Waals surface area contributed by atoms with E-state index in [0.29, 0.717) is 6.04 Å². The number of rotatable bonds is 5. The highest BCUT2D eigenvalue weighted by molar-refractivity contribution is 5.85. The Morgan fingerprint density at radius 1 is 1.41 bits per heavy atom. The lowest BCUT2D eigenvalue weighted by atomic mass is 10.3. The number of nitrogens with zero attached hydrogens (tertiary/aromatic N) is 3. The molecule has 2 aromatic heterocycles. The van der Waals surface area contributed by atoms with Crippen LogP contribution >= 0.6 is 12.4 Å². The van der Waals surface area contributed by atoms with Gasteiger partial charge >= 0.3 is 0 Å². The first-order chi connectivity index (χ1) is 7.81. The molecular weight excluding hydrogens is 238 g/mol. The van der Waals surface area contributed by atoms with Crippen molar-refractivity contribution in [3.8, 4) is 0 Å². The van der Waals surface area contributed by atoms with Gasteiger partial charge in [-0.05, 0) is 19.4 Å². The Balaban J connectivity index is 0.00000144. The lowest BCUT2D eigenvalue weighted by Gasteiger charge is -2.14. The maximum Gasteiger partial charge on any atom is 0.124 e. The smallest absolute Gasteiger partial charge is 0.124 e. The summed E-state index contributed by atoms with van der Waals surface area (Å²) >= 11 is 0. The normalized spacial score (nSPS) is 11.9. The van der Waals surface area contributed by atoms with E-state index in [-0.39, 0.29) is 12.4 Å². The van der Waals surface area contributed by atoms with E-state index in [9.17, 15) is 0 Å². The lowest BCUT2D eigenvalue weighted by molar-refractivity contribution is 0.482. The van der Waals surface area contributed by atoms with Gasteiger partial charge in [-0.1, -0.05) is 6.92 Å². The highest BCUT2D eigenvalue weighted by Gasteiger charge is 2.07. The van der Waals surface area contributed by atoms with Crippen molar-refractivity contribution in [3.63, 3.8) is 0 Å². The largest absolute Gasteiger partial charge is 0.365 e. The molecule has 0 aliphatic carbocycles. The third-order valence-electron chi connectivity index (χ3n) is 2.70. The van der Waals surface area contributed by atoms with Gasteiger partial charge in [0.25, 0.3) is 0 Å². The van der Waals surface area contributed by atoms with Crippen molar-refractivity contribution in [1.29, 1.82) is 0 Å². The van der Waals surface area contributed by atoms with Gasteiger partial charge in [-0.15, -0.1) is 12.4 Å². The molecule has 0 bridgehead atoms. The van der Waals surface area contributed by atoms with Crippen LogP contribution in [0.1, 0.15) is 32.0 Å². The Bertz CT molecular complexity index is 423. The summed E-state index contributed by atoms with van der Waals surface area (Å²) in [6, 6.07) is 4.36. The van der Waals surface area contributed by atoms with Crippen LogP contribution in [-0.4, -0.2) is 20.0 Å². The van der Waals surface area contributed by atoms with Gasteiger partial charge in [0.1, 0.15) is 5.82 Å². The highest BCUT2D eigenvalue weighted by atomic mass is 35.5. The standard InChI is InChI=1S/C11H17N5.ClH/c1-3-9(2)16-11(5-7-14-16)12-8-10-4-6-13-15-10;/h4-7,9,12H,3,8H2,1-2H3,(H,13,15);1H. The molecule has 2 rings (SSSR count). The highest BCUT2D eigenvalue weighted by Crippen LogP contribution is 2.16. The first-order valence-corrected chi connectivity index (χ1v) is 5.57. The summed E-state index contributed by atoms with van der Waals surface area (Å²) in [6.07, 6.45) is 4.64. The van der Waals surface area contributed by atoms with Crippen LogP contribution in [0.15, 0.2) is 24.5 Å². The summed E-state index contributed by atoms with van der Waals surface area (Å²) in [6.45, 7) is 5.06. The second-order valence-corrected chi connectivity index (χ2v) is 3.85. The summed E-state index contributed by atoms with van der Waals surface area (Å²) in [7, 11) is 0. The molecule has 0 aromatic carbocycles. The minimum atomic E-state index is 0. The molecule has 2 heterocycles. The van der Waals surface area contributed by atoms with Gasteiger partial charge in [0.15, 0.2) is 0 Å². The van der Waals surface area contributed by atoms with Crippen molar-refractivity contribution >= 4 is 18.2 Å². The number of halogens is 1. The van der Waals surface area contributed by atoms with Crippen molar-refractivity contribution in [2.24, 2.45) is 0 Å². The summed E-state index contributed by atoms with van der Waals surface area (Å²) in [5.74, 6) is 1.05. The Morgan fingerprint density at radius 3 is 2.88 bits per heavy atom. The summed E-state index contributed by atoms with van der Waals surface area (Å²) in [5, 5.41) is 14.5. The first kappa shape index (κ1) is 13.6. The molecule has 94 valence electrons. The molecule has 0 aliphatic rings. The van der Waals surface area contributed by atoms with Gasteiger partial charge < -0.3 is 5.32 Å². The molecule has 0 saturated carbocycles.